The summed E-state index contributed by atoms with van der Waals surface area (Å²) in [5.74, 6) is 0.633. The number of unbranched alkanes of at least 4 members (excludes halogenated alkanes) is 8. The fourth-order valence-corrected chi connectivity index (χ4v) is 8.06. The van der Waals surface area contributed by atoms with E-state index in [2.05, 4.69) is 12.2 Å². The minimum Gasteiger partial charge on any atom is -0.494 e. The average molecular weight is 961 g/mol. The van der Waals surface area contributed by atoms with E-state index in [1.54, 1.807) is 66.7 Å². The van der Waals surface area contributed by atoms with Crippen molar-refractivity contribution in [2.45, 2.75) is 97.5 Å². The molecule has 0 amide bonds. The summed E-state index contributed by atoms with van der Waals surface area (Å²) in [6.07, 6.45) is 16.4. The number of fused-ring (bicyclic) bond motifs is 2. The van der Waals surface area contributed by atoms with Gasteiger partial charge in [0.15, 0.2) is 0 Å². The van der Waals surface area contributed by atoms with Gasteiger partial charge in [-0.1, -0.05) is 50.7 Å². The Hall–Kier alpha value is -4.83. The summed E-state index contributed by atoms with van der Waals surface area (Å²) < 4.78 is 61.9. The van der Waals surface area contributed by atoms with Crippen LogP contribution in [0.1, 0.15) is 117 Å². The van der Waals surface area contributed by atoms with Crippen LogP contribution in [0.3, 0.4) is 0 Å². The molecule has 69 heavy (non-hydrogen) atoms. The van der Waals surface area contributed by atoms with Crippen LogP contribution in [0.15, 0.2) is 78.9 Å². The Morgan fingerprint density at radius 3 is 1.39 bits per heavy atom. The average Bonchev–Trinajstić information content (AvgIpc) is 4.01. The molecule has 0 heterocycles. The molecule has 0 aromatic heterocycles. The van der Waals surface area contributed by atoms with Crippen molar-refractivity contribution in [2.75, 3.05) is 92.5 Å². The first-order valence-electron chi connectivity index (χ1n) is 25.3. The van der Waals surface area contributed by atoms with E-state index in [0.29, 0.717) is 113 Å². The van der Waals surface area contributed by atoms with Gasteiger partial charge in [0.1, 0.15) is 29.6 Å². The van der Waals surface area contributed by atoms with Crippen LogP contribution >= 0.6 is 0 Å². The van der Waals surface area contributed by atoms with Gasteiger partial charge in [0.2, 0.25) is 0 Å². The Morgan fingerprint density at radius 1 is 0.464 bits per heavy atom. The van der Waals surface area contributed by atoms with Gasteiger partial charge in [-0.15, -0.1) is 0 Å². The van der Waals surface area contributed by atoms with Crippen molar-refractivity contribution < 1.29 is 66.5 Å². The molecule has 0 spiro atoms. The van der Waals surface area contributed by atoms with E-state index in [9.17, 15) is 14.4 Å². The van der Waals surface area contributed by atoms with Crippen LogP contribution in [0.2, 0.25) is 0 Å². The van der Waals surface area contributed by atoms with Gasteiger partial charge in [0, 0.05) is 32.0 Å². The summed E-state index contributed by atoms with van der Waals surface area (Å²) in [6.45, 7) is 12.6. The molecular formula is C55H76O14. The van der Waals surface area contributed by atoms with Crippen LogP contribution in [-0.2, 0) is 44.6 Å². The molecule has 2 bridgehead atoms. The fourth-order valence-electron chi connectivity index (χ4n) is 8.06. The molecule has 0 saturated heterocycles. The molecule has 3 unspecified atom stereocenters. The van der Waals surface area contributed by atoms with Crippen LogP contribution in [0, 0.1) is 17.8 Å². The maximum absolute atomic E-state index is 13.4. The minimum absolute atomic E-state index is 0.164. The van der Waals surface area contributed by atoms with Crippen LogP contribution < -0.4 is 18.9 Å². The summed E-state index contributed by atoms with van der Waals surface area (Å²) in [6, 6.07) is 18.3. The number of carbonyl (C=O) groups is 3. The molecule has 14 nitrogen and oxygen atoms in total. The Labute approximate surface area is 409 Å². The van der Waals surface area contributed by atoms with E-state index in [-0.39, 0.29) is 35.9 Å². The van der Waals surface area contributed by atoms with Gasteiger partial charge in [-0.25, -0.2) is 9.59 Å². The summed E-state index contributed by atoms with van der Waals surface area (Å²) in [4.78, 5) is 39.8. The van der Waals surface area contributed by atoms with Gasteiger partial charge in [-0.3, -0.25) is 4.79 Å². The molecule has 3 aromatic rings. The number of allylic oxidation sites excluding steroid dienone is 2. The molecule has 1 fully saturated rings. The van der Waals surface area contributed by atoms with Crippen LogP contribution in [0.4, 0.5) is 0 Å². The van der Waals surface area contributed by atoms with E-state index in [1.807, 2.05) is 13.8 Å². The molecule has 5 rings (SSSR count). The monoisotopic (exact) mass is 961 g/mol. The first-order chi connectivity index (χ1) is 33.9. The number of ether oxygens (including phenoxy) is 11. The Bertz CT molecular complexity index is 1920. The van der Waals surface area contributed by atoms with Gasteiger partial charge < -0.3 is 52.1 Å². The van der Waals surface area contributed by atoms with Gasteiger partial charge >= 0.3 is 17.9 Å². The van der Waals surface area contributed by atoms with Crippen LogP contribution in [-0.4, -0.2) is 110 Å². The van der Waals surface area contributed by atoms with Crippen LogP contribution in [0.5, 0.6) is 23.0 Å². The maximum Gasteiger partial charge on any atom is 0.343 e. The summed E-state index contributed by atoms with van der Waals surface area (Å²) in [7, 11) is 0. The van der Waals surface area contributed by atoms with Crippen molar-refractivity contribution in [3.05, 3.63) is 95.6 Å². The lowest BCUT2D eigenvalue weighted by atomic mass is 9.94. The van der Waals surface area contributed by atoms with E-state index < -0.39 is 11.9 Å². The number of hydrogen-bond donors (Lipinski definition) is 0. The third-order valence-electron chi connectivity index (χ3n) is 11.9. The van der Waals surface area contributed by atoms with E-state index >= 15 is 0 Å². The molecule has 380 valence electrons. The predicted molar refractivity (Wildman–Crippen MR) is 261 cm³/mol. The third kappa shape index (κ3) is 21.8. The quantitative estimate of drug-likeness (QED) is 0.0231. The smallest absolute Gasteiger partial charge is 0.343 e. The number of hydrogen-bond acceptors (Lipinski definition) is 14. The molecule has 3 aromatic carbocycles. The lowest BCUT2D eigenvalue weighted by Gasteiger charge is -2.18. The van der Waals surface area contributed by atoms with Crippen molar-refractivity contribution in [1.82, 2.24) is 0 Å². The normalized spacial score (nSPS) is 15.9. The second kappa shape index (κ2) is 33.7. The standard InChI is InChI=1S/C55H76O14/c1-3-59-31-33-63-37-35-61-27-11-7-5-9-13-29-65-48-21-17-44(18-22-48)53(56)68-50-25-26-52(47(41-50)42-67-55(58)51-40-43-15-16-46(51)39-43)69-54(57)45-19-23-49(24-20-45)66-30-14-10-6-8-12-28-62-36-38-64-34-32-60-4-2/h15-26,41,43,46,51H,3-14,27-40,42H2,1-2H3. The van der Waals surface area contributed by atoms with Crippen LogP contribution in [0.25, 0.3) is 0 Å². The predicted octanol–water partition coefficient (Wildman–Crippen LogP) is 10.2. The van der Waals surface area contributed by atoms with Gasteiger partial charge in [0.25, 0.3) is 0 Å². The van der Waals surface area contributed by atoms with Crippen molar-refractivity contribution in [3.63, 3.8) is 0 Å². The molecule has 0 radical (unpaired) electrons. The van der Waals surface area contributed by atoms with Gasteiger partial charge in [0.05, 0.1) is 83.1 Å². The van der Waals surface area contributed by atoms with Gasteiger partial charge in [-0.05, 0) is 131 Å². The summed E-state index contributed by atoms with van der Waals surface area (Å²) in [5.41, 5.74) is 1.05. The number of carbonyl (C=O) groups excluding carboxylic acids is 3. The summed E-state index contributed by atoms with van der Waals surface area (Å²) >= 11 is 0. The fraction of sp³-hybridized carbons (Fsp3) is 0.582. The molecule has 2 aliphatic rings. The molecule has 0 N–H and O–H groups in total. The van der Waals surface area contributed by atoms with E-state index in [4.69, 9.17) is 52.1 Å². The molecule has 0 aliphatic heterocycles. The highest BCUT2D eigenvalue weighted by Gasteiger charge is 2.40. The second-order valence-electron chi connectivity index (χ2n) is 17.2. The Balaban J connectivity index is 1.01. The maximum atomic E-state index is 13.4. The number of esters is 3. The molecule has 3 atom stereocenters. The van der Waals surface area contributed by atoms with E-state index in [1.165, 1.54) is 0 Å². The highest BCUT2D eigenvalue weighted by molar-refractivity contribution is 5.92. The first-order valence-corrected chi connectivity index (χ1v) is 25.3. The highest BCUT2D eigenvalue weighted by atomic mass is 16.6. The summed E-state index contributed by atoms with van der Waals surface area (Å²) in [5, 5.41) is 0. The lowest BCUT2D eigenvalue weighted by molar-refractivity contribution is -0.150. The van der Waals surface area contributed by atoms with Crippen molar-refractivity contribution in [1.29, 1.82) is 0 Å². The SMILES string of the molecule is CCOCCOCCOCCCCCCCOc1ccc(C(=O)Oc2ccc(OC(=O)c3ccc(OCCCCCCCOCCOCCOCC)cc3)c(COC(=O)C3CC4C=CC3C4)c2)cc1. The third-order valence-corrected chi connectivity index (χ3v) is 11.9. The van der Waals surface area contributed by atoms with Gasteiger partial charge in [-0.2, -0.15) is 0 Å². The second-order valence-corrected chi connectivity index (χ2v) is 17.2. The van der Waals surface area contributed by atoms with Crippen molar-refractivity contribution in [3.8, 4) is 23.0 Å². The zero-order valence-corrected chi connectivity index (χ0v) is 41.0. The van der Waals surface area contributed by atoms with Crippen molar-refractivity contribution in [2.24, 2.45) is 17.8 Å². The van der Waals surface area contributed by atoms with Crippen molar-refractivity contribution >= 4 is 17.9 Å². The lowest BCUT2D eigenvalue weighted by Crippen LogP contribution is -2.21. The largest absolute Gasteiger partial charge is 0.494 e. The number of rotatable bonds is 39. The molecular weight excluding hydrogens is 885 g/mol. The minimum atomic E-state index is -0.592. The zero-order valence-electron chi connectivity index (χ0n) is 41.0. The first kappa shape index (κ1) is 55.1. The Kier molecular flexibility index (Phi) is 26.9. The molecule has 2 aliphatic carbocycles. The Morgan fingerprint density at radius 2 is 0.913 bits per heavy atom. The molecule has 1 saturated carbocycles. The zero-order chi connectivity index (χ0) is 48.6. The molecule has 14 heteroatoms. The number of benzene rings is 3. The van der Waals surface area contributed by atoms with E-state index in [0.717, 1.165) is 90.3 Å². The topological polar surface area (TPSA) is 153 Å². The highest BCUT2D eigenvalue weighted by Crippen LogP contribution is 2.44.